The number of rotatable bonds is 4. The number of benzene rings is 3. The molecule has 0 radical (unpaired) electrons. The lowest BCUT2D eigenvalue weighted by molar-refractivity contribution is -0.117. The number of hydrogen-bond acceptors (Lipinski definition) is 4. The van der Waals surface area contributed by atoms with E-state index in [0.29, 0.717) is 5.69 Å². The molecule has 9 heteroatoms. The van der Waals surface area contributed by atoms with Crippen LogP contribution in [-0.4, -0.2) is 25.3 Å². The molecule has 0 bridgehead atoms. The summed E-state index contributed by atoms with van der Waals surface area (Å²) in [5, 5.41) is 13.3. The van der Waals surface area contributed by atoms with Gasteiger partial charge >= 0.3 is 0 Å². The highest BCUT2D eigenvalue weighted by Crippen LogP contribution is 2.27. The first-order valence-electron chi connectivity index (χ1n) is 9.68. The van der Waals surface area contributed by atoms with Gasteiger partial charge in [0.15, 0.2) is 0 Å². The predicted molar refractivity (Wildman–Crippen MR) is 120 cm³/mol. The monoisotopic (exact) mass is 447 g/mol. The molecule has 0 aliphatic heterocycles. The standard InChI is InChI=1S/C23H15ClFN5O2/c24-18-9-8-15(25)10-20(18)27-22(31)12-29-23(32)21-11-19(28-30(21)13-26-29)17-7-3-5-14-4-1-2-6-16(14)17/h1-11,13H,12H2,(H,27,31). The number of halogens is 2. The maximum atomic E-state index is 13.4. The Morgan fingerprint density at radius 3 is 2.75 bits per heavy atom. The van der Waals surface area contributed by atoms with Crippen LogP contribution in [0.4, 0.5) is 10.1 Å². The van der Waals surface area contributed by atoms with E-state index in [1.165, 1.54) is 23.0 Å². The summed E-state index contributed by atoms with van der Waals surface area (Å²) in [5.41, 5.74) is 1.42. The number of amides is 1. The van der Waals surface area contributed by atoms with Gasteiger partial charge in [-0.1, -0.05) is 54.1 Å². The first kappa shape index (κ1) is 19.9. The van der Waals surface area contributed by atoms with Crippen LogP contribution in [0.5, 0.6) is 0 Å². The zero-order chi connectivity index (χ0) is 22.2. The van der Waals surface area contributed by atoms with Gasteiger partial charge in [-0.3, -0.25) is 9.59 Å². The van der Waals surface area contributed by atoms with Gasteiger partial charge in [-0.25, -0.2) is 13.6 Å². The Kier molecular flexibility index (Phi) is 4.91. The number of nitrogens with zero attached hydrogens (tertiary/aromatic N) is 4. The summed E-state index contributed by atoms with van der Waals surface area (Å²) in [6, 6.07) is 19.1. The van der Waals surface area contributed by atoms with E-state index in [-0.39, 0.29) is 22.8 Å². The van der Waals surface area contributed by atoms with Crippen LogP contribution in [0.1, 0.15) is 0 Å². The Hall–Kier alpha value is -4.04. The van der Waals surface area contributed by atoms with Crippen LogP contribution in [0.2, 0.25) is 5.02 Å². The van der Waals surface area contributed by atoms with Crippen molar-refractivity contribution in [1.29, 1.82) is 0 Å². The van der Waals surface area contributed by atoms with Gasteiger partial charge in [0.05, 0.1) is 16.4 Å². The third kappa shape index (κ3) is 3.61. The molecule has 7 nitrogen and oxygen atoms in total. The lowest BCUT2D eigenvalue weighted by Crippen LogP contribution is -2.30. The lowest BCUT2D eigenvalue weighted by atomic mass is 10.0. The molecule has 32 heavy (non-hydrogen) atoms. The second kappa shape index (κ2) is 7.90. The Morgan fingerprint density at radius 1 is 1.06 bits per heavy atom. The van der Waals surface area contributed by atoms with Crippen LogP contribution >= 0.6 is 11.6 Å². The third-order valence-corrected chi connectivity index (χ3v) is 5.38. The van der Waals surface area contributed by atoms with Crippen LogP contribution in [0.25, 0.3) is 27.5 Å². The molecule has 1 amide bonds. The predicted octanol–water partition coefficient (Wildman–Crippen LogP) is 4.14. The van der Waals surface area contributed by atoms with Crippen molar-refractivity contribution in [1.82, 2.24) is 19.4 Å². The van der Waals surface area contributed by atoms with E-state index in [1.807, 2.05) is 42.5 Å². The van der Waals surface area contributed by atoms with E-state index in [1.54, 1.807) is 6.07 Å². The maximum absolute atomic E-state index is 13.4. The van der Waals surface area contributed by atoms with Gasteiger partial charge in [0, 0.05) is 5.56 Å². The van der Waals surface area contributed by atoms with E-state index in [4.69, 9.17) is 11.6 Å². The fraction of sp³-hybridized carbons (Fsp3) is 0.0435. The Morgan fingerprint density at radius 2 is 1.88 bits per heavy atom. The topological polar surface area (TPSA) is 81.3 Å². The van der Waals surface area contributed by atoms with Crippen molar-refractivity contribution >= 4 is 39.5 Å². The lowest BCUT2D eigenvalue weighted by Gasteiger charge is -2.08. The molecule has 0 saturated heterocycles. The molecule has 0 atom stereocenters. The highest BCUT2D eigenvalue weighted by Gasteiger charge is 2.14. The first-order valence-corrected chi connectivity index (χ1v) is 10.1. The number of carbonyl (C=O) groups is 1. The van der Waals surface area contributed by atoms with Gasteiger partial charge in [0.25, 0.3) is 5.56 Å². The highest BCUT2D eigenvalue weighted by atomic mass is 35.5. The summed E-state index contributed by atoms with van der Waals surface area (Å²) in [7, 11) is 0. The SMILES string of the molecule is O=C(Cn1ncn2nc(-c3cccc4ccccc34)cc2c1=O)Nc1cc(F)ccc1Cl. The largest absolute Gasteiger partial charge is 0.323 e. The molecule has 2 heterocycles. The summed E-state index contributed by atoms with van der Waals surface area (Å²) in [6.07, 6.45) is 1.37. The molecule has 0 saturated carbocycles. The molecular formula is C23H15ClFN5O2. The number of aromatic nitrogens is 4. The van der Waals surface area contributed by atoms with Crippen molar-refractivity contribution < 1.29 is 9.18 Å². The quantitative estimate of drug-likeness (QED) is 0.449. The Balaban J connectivity index is 1.47. The van der Waals surface area contributed by atoms with Crippen LogP contribution < -0.4 is 10.9 Å². The molecule has 1 N–H and O–H groups in total. The number of carbonyl (C=O) groups excluding carboxylic acids is 1. The van der Waals surface area contributed by atoms with Crippen LogP contribution in [0.15, 0.2) is 77.9 Å². The Bertz CT molecular complexity index is 1550. The molecule has 5 rings (SSSR count). The van der Waals surface area contributed by atoms with E-state index >= 15 is 0 Å². The molecule has 2 aromatic heterocycles. The van der Waals surface area contributed by atoms with E-state index in [0.717, 1.165) is 27.1 Å². The smallest absolute Gasteiger partial charge is 0.293 e. The first-order chi connectivity index (χ1) is 15.5. The van der Waals surface area contributed by atoms with Gasteiger partial charge in [-0.15, -0.1) is 0 Å². The normalized spacial score (nSPS) is 11.2. The molecule has 5 aromatic rings. The number of nitrogens with one attached hydrogen (secondary N) is 1. The van der Waals surface area contributed by atoms with Gasteiger partial charge in [-0.2, -0.15) is 10.2 Å². The fourth-order valence-electron chi connectivity index (χ4n) is 3.55. The van der Waals surface area contributed by atoms with Gasteiger partial charge in [-0.05, 0) is 35.0 Å². The molecule has 0 unspecified atom stereocenters. The van der Waals surface area contributed by atoms with Crippen molar-refractivity contribution in [3.63, 3.8) is 0 Å². The van der Waals surface area contributed by atoms with E-state index < -0.39 is 17.3 Å². The van der Waals surface area contributed by atoms with Crippen molar-refractivity contribution in [2.45, 2.75) is 6.54 Å². The summed E-state index contributed by atoms with van der Waals surface area (Å²) in [5.74, 6) is -1.10. The summed E-state index contributed by atoms with van der Waals surface area (Å²) in [6.45, 7) is -0.364. The van der Waals surface area contributed by atoms with Crippen molar-refractivity contribution in [3.05, 3.63) is 94.3 Å². The van der Waals surface area contributed by atoms with Crippen molar-refractivity contribution in [2.75, 3.05) is 5.32 Å². The molecule has 0 aliphatic carbocycles. The second-order valence-corrected chi connectivity index (χ2v) is 7.56. The van der Waals surface area contributed by atoms with Crippen LogP contribution in [-0.2, 0) is 11.3 Å². The summed E-state index contributed by atoms with van der Waals surface area (Å²) < 4.78 is 15.8. The molecule has 0 fully saturated rings. The summed E-state index contributed by atoms with van der Waals surface area (Å²) in [4.78, 5) is 25.3. The summed E-state index contributed by atoms with van der Waals surface area (Å²) >= 11 is 5.98. The maximum Gasteiger partial charge on any atom is 0.293 e. The zero-order valence-corrected chi connectivity index (χ0v) is 17.3. The number of anilines is 1. The fourth-order valence-corrected chi connectivity index (χ4v) is 3.71. The zero-order valence-electron chi connectivity index (χ0n) is 16.5. The highest BCUT2D eigenvalue weighted by molar-refractivity contribution is 6.33. The minimum absolute atomic E-state index is 0.119. The second-order valence-electron chi connectivity index (χ2n) is 7.15. The minimum atomic E-state index is -0.565. The average molecular weight is 448 g/mol. The van der Waals surface area contributed by atoms with Gasteiger partial charge in [0.1, 0.15) is 24.2 Å². The molecule has 0 aliphatic rings. The van der Waals surface area contributed by atoms with E-state index in [2.05, 4.69) is 15.5 Å². The number of hydrogen-bond donors (Lipinski definition) is 1. The van der Waals surface area contributed by atoms with Crippen LogP contribution in [0.3, 0.4) is 0 Å². The van der Waals surface area contributed by atoms with Crippen molar-refractivity contribution in [3.8, 4) is 11.3 Å². The third-order valence-electron chi connectivity index (χ3n) is 5.05. The van der Waals surface area contributed by atoms with Crippen molar-refractivity contribution in [2.24, 2.45) is 0 Å². The number of fused-ring (bicyclic) bond motifs is 2. The van der Waals surface area contributed by atoms with Crippen LogP contribution in [0, 0.1) is 5.82 Å². The van der Waals surface area contributed by atoms with E-state index in [9.17, 15) is 14.0 Å². The minimum Gasteiger partial charge on any atom is -0.323 e. The molecule has 3 aromatic carbocycles. The Labute approximate surface area is 185 Å². The van der Waals surface area contributed by atoms with Gasteiger partial charge < -0.3 is 5.32 Å². The molecule has 158 valence electrons. The van der Waals surface area contributed by atoms with Gasteiger partial charge in [0.2, 0.25) is 5.91 Å². The molecule has 0 spiro atoms. The average Bonchev–Trinajstić information content (AvgIpc) is 3.23. The molecular weight excluding hydrogens is 433 g/mol.